The summed E-state index contributed by atoms with van der Waals surface area (Å²) in [5, 5.41) is 15.8. The van der Waals surface area contributed by atoms with E-state index in [9.17, 15) is 9.90 Å². The molecule has 0 bridgehead atoms. The van der Waals surface area contributed by atoms with Crippen LogP contribution in [0.1, 0.15) is 18.4 Å². The molecular weight excluding hydrogens is 332 g/mol. The van der Waals surface area contributed by atoms with Crippen molar-refractivity contribution in [2.45, 2.75) is 19.4 Å². The Kier molecular flexibility index (Phi) is 7.87. The quantitative estimate of drug-likeness (QED) is 0.466. The summed E-state index contributed by atoms with van der Waals surface area (Å²) in [7, 11) is 3.45. The van der Waals surface area contributed by atoms with E-state index in [0.717, 1.165) is 12.0 Å². The summed E-state index contributed by atoms with van der Waals surface area (Å²) in [5.41, 5.74) is 1.01. The van der Waals surface area contributed by atoms with Gasteiger partial charge in [-0.2, -0.15) is 0 Å². The van der Waals surface area contributed by atoms with Crippen molar-refractivity contribution in [1.82, 2.24) is 15.5 Å². The number of amides is 1. The zero-order chi connectivity index (χ0) is 18.8. The molecule has 1 atom stereocenters. The molecule has 1 heterocycles. The Labute approximate surface area is 155 Å². The van der Waals surface area contributed by atoms with Crippen LogP contribution in [0.15, 0.2) is 35.3 Å². The Morgan fingerprint density at radius 1 is 1.31 bits per heavy atom. The van der Waals surface area contributed by atoms with Gasteiger partial charge in [0.2, 0.25) is 5.91 Å². The number of guanidine groups is 1. The highest BCUT2D eigenvalue weighted by Crippen LogP contribution is 2.31. The lowest BCUT2D eigenvalue weighted by Crippen LogP contribution is -2.47. The third kappa shape index (κ3) is 6.31. The molecule has 1 saturated heterocycles. The molecule has 0 spiro atoms. The molecule has 1 aliphatic heterocycles. The van der Waals surface area contributed by atoms with E-state index in [1.807, 2.05) is 30.3 Å². The van der Waals surface area contributed by atoms with Crippen LogP contribution in [-0.4, -0.2) is 68.9 Å². The van der Waals surface area contributed by atoms with Gasteiger partial charge in [0.25, 0.3) is 0 Å². The number of nitrogens with zero attached hydrogens (tertiary/aromatic N) is 2. The number of hydrogen-bond acceptors (Lipinski definition) is 4. The maximum atomic E-state index is 11.9. The Bertz CT molecular complexity index is 584. The molecule has 0 aliphatic carbocycles. The van der Waals surface area contributed by atoms with Crippen molar-refractivity contribution in [2.75, 3.05) is 47.0 Å². The van der Waals surface area contributed by atoms with Crippen molar-refractivity contribution >= 4 is 11.9 Å². The number of carbonyl (C=O) groups excluding carboxylic acids is 1. The molecule has 7 nitrogen and oxygen atoms in total. The predicted octanol–water partition coefficient (Wildman–Crippen LogP) is 0.599. The van der Waals surface area contributed by atoms with Gasteiger partial charge in [0.05, 0.1) is 19.7 Å². The summed E-state index contributed by atoms with van der Waals surface area (Å²) in [6.45, 7) is 2.82. The summed E-state index contributed by atoms with van der Waals surface area (Å²) >= 11 is 0. The summed E-state index contributed by atoms with van der Waals surface area (Å²) in [6, 6.07) is 9.97. The van der Waals surface area contributed by atoms with E-state index >= 15 is 0 Å². The standard InChI is InChI=1S/C19H30N4O3/c1-23(2)17(25)13-21-18(20-12-16-6-4-3-5-7-16)22-14-19(8-10-24)9-11-26-15-19/h3-7,24H,8-15H2,1-2H3,(H2,20,21,22). The molecule has 1 aromatic rings. The smallest absolute Gasteiger partial charge is 0.241 e. The summed E-state index contributed by atoms with van der Waals surface area (Å²) in [6.07, 6.45) is 1.59. The highest BCUT2D eigenvalue weighted by Gasteiger charge is 2.34. The molecule has 1 fully saturated rings. The average Bonchev–Trinajstić information content (AvgIpc) is 3.10. The van der Waals surface area contributed by atoms with Gasteiger partial charge in [0.1, 0.15) is 0 Å². The number of hydrogen-bond donors (Lipinski definition) is 3. The van der Waals surface area contributed by atoms with Crippen LogP contribution in [0.3, 0.4) is 0 Å². The molecule has 1 amide bonds. The van der Waals surface area contributed by atoms with Gasteiger partial charge in [0.15, 0.2) is 5.96 Å². The lowest BCUT2D eigenvalue weighted by molar-refractivity contribution is -0.127. The third-order valence-electron chi connectivity index (χ3n) is 4.63. The van der Waals surface area contributed by atoms with Crippen molar-refractivity contribution in [3.05, 3.63) is 35.9 Å². The maximum Gasteiger partial charge on any atom is 0.241 e. The number of aliphatic imine (C=N–C) groups is 1. The second-order valence-corrected chi connectivity index (χ2v) is 6.92. The first-order valence-electron chi connectivity index (χ1n) is 8.99. The highest BCUT2D eigenvalue weighted by molar-refractivity contribution is 5.86. The maximum absolute atomic E-state index is 11.9. The zero-order valence-corrected chi connectivity index (χ0v) is 15.7. The van der Waals surface area contributed by atoms with Crippen LogP contribution in [0.2, 0.25) is 0 Å². The summed E-state index contributed by atoms with van der Waals surface area (Å²) in [4.78, 5) is 18.0. The topological polar surface area (TPSA) is 86.2 Å². The van der Waals surface area contributed by atoms with Crippen LogP contribution in [0.25, 0.3) is 0 Å². The van der Waals surface area contributed by atoms with Crippen molar-refractivity contribution in [3.8, 4) is 0 Å². The van der Waals surface area contributed by atoms with E-state index in [2.05, 4.69) is 15.6 Å². The molecule has 1 aliphatic rings. The van der Waals surface area contributed by atoms with Crippen LogP contribution in [-0.2, 0) is 16.1 Å². The largest absolute Gasteiger partial charge is 0.396 e. The number of nitrogens with one attached hydrogen (secondary N) is 2. The lowest BCUT2D eigenvalue weighted by atomic mass is 9.84. The zero-order valence-electron chi connectivity index (χ0n) is 15.7. The number of rotatable bonds is 8. The van der Waals surface area contributed by atoms with Crippen LogP contribution >= 0.6 is 0 Å². The fourth-order valence-corrected chi connectivity index (χ4v) is 2.83. The van der Waals surface area contributed by atoms with Gasteiger partial charge in [-0.15, -0.1) is 0 Å². The predicted molar refractivity (Wildman–Crippen MR) is 102 cm³/mol. The molecule has 0 radical (unpaired) electrons. The van der Waals surface area contributed by atoms with E-state index in [1.165, 1.54) is 0 Å². The fraction of sp³-hybridized carbons (Fsp3) is 0.579. The molecule has 0 saturated carbocycles. The van der Waals surface area contributed by atoms with Gasteiger partial charge in [-0.3, -0.25) is 4.79 Å². The summed E-state index contributed by atoms with van der Waals surface area (Å²) in [5.74, 6) is 0.571. The number of aliphatic hydroxyl groups is 1. The molecule has 3 N–H and O–H groups in total. The van der Waals surface area contributed by atoms with Crippen LogP contribution in [0.5, 0.6) is 0 Å². The van der Waals surface area contributed by atoms with Crippen LogP contribution < -0.4 is 10.6 Å². The van der Waals surface area contributed by atoms with Crippen molar-refractivity contribution < 1.29 is 14.6 Å². The minimum Gasteiger partial charge on any atom is -0.396 e. The Morgan fingerprint density at radius 3 is 2.69 bits per heavy atom. The highest BCUT2D eigenvalue weighted by atomic mass is 16.5. The molecule has 1 aromatic carbocycles. The molecule has 0 aromatic heterocycles. The van der Waals surface area contributed by atoms with E-state index in [-0.39, 0.29) is 24.5 Å². The van der Waals surface area contributed by atoms with Gasteiger partial charge in [0, 0.05) is 39.3 Å². The van der Waals surface area contributed by atoms with Gasteiger partial charge in [-0.1, -0.05) is 30.3 Å². The second-order valence-electron chi connectivity index (χ2n) is 6.92. The first-order chi connectivity index (χ1) is 12.5. The minimum atomic E-state index is -0.0878. The number of aliphatic hydroxyl groups excluding tert-OH is 1. The van der Waals surface area contributed by atoms with Gasteiger partial charge in [-0.25, -0.2) is 4.99 Å². The lowest BCUT2D eigenvalue weighted by Gasteiger charge is -2.28. The number of ether oxygens (including phenoxy) is 1. The number of carbonyl (C=O) groups is 1. The van der Waals surface area contributed by atoms with E-state index in [1.54, 1.807) is 19.0 Å². The Balaban J connectivity index is 2.00. The minimum absolute atomic E-state index is 0.0199. The first kappa shape index (κ1) is 20.2. The van der Waals surface area contributed by atoms with Gasteiger partial charge in [-0.05, 0) is 18.4 Å². The van der Waals surface area contributed by atoms with E-state index < -0.39 is 0 Å². The van der Waals surface area contributed by atoms with Crippen LogP contribution in [0, 0.1) is 5.41 Å². The molecule has 2 rings (SSSR count). The number of likely N-dealkylation sites (N-methyl/N-ethyl adjacent to an activating group) is 1. The third-order valence-corrected chi connectivity index (χ3v) is 4.63. The van der Waals surface area contributed by atoms with Crippen molar-refractivity contribution in [3.63, 3.8) is 0 Å². The SMILES string of the molecule is CN(C)C(=O)CNC(=NCc1ccccc1)NCC1(CCO)CCOC1. The average molecular weight is 362 g/mol. The first-order valence-corrected chi connectivity index (χ1v) is 8.99. The normalized spacial score (nSPS) is 20.0. The molecular formula is C19H30N4O3. The fourth-order valence-electron chi connectivity index (χ4n) is 2.83. The molecule has 144 valence electrons. The van der Waals surface area contributed by atoms with Gasteiger partial charge >= 0.3 is 0 Å². The molecule has 26 heavy (non-hydrogen) atoms. The molecule has 1 unspecified atom stereocenters. The van der Waals surface area contributed by atoms with Crippen molar-refractivity contribution in [1.29, 1.82) is 0 Å². The van der Waals surface area contributed by atoms with E-state index in [4.69, 9.17) is 4.74 Å². The van der Waals surface area contributed by atoms with Crippen LogP contribution in [0.4, 0.5) is 0 Å². The summed E-state index contributed by atoms with van der Waals surface area (Å²) < 4.78 is 5.53. The number of benzene rings is 1. The molecule has 7 heteroatoms. The van der Waals surface area contributed by atoms with Crippen molar-refractivity contribution in [2.24, 2.45) is 10.4 Å². The second kappa shape index (κ2) is 10.1. The van der Waals surface area contributed by atoms with Gasteiger partial charge < -0.3 is 25.4 Å². The van der Waals surface area contributed by atoms with E-state index in [0.29, 0.717) is 38.7 Å². The Hall–Kier alpha value is -2.12. The Morgan fingerprint density at radius 2 is 2.08 bits per heavy atom. The monoisotopic (exact) mass is 362 g/mol.